The van der Waals surface area contributed by atoms with Crippen molar-refractivity contribution >= 4 is 11.8 Å². The smallest absolute Gasteiger partial charge is 0.320 e. The van der Waals surface area contributed by atoms with Crippen LogP contribution in [-0.4, -0.2) is 86.5 Å². The number of carbonyl (C=O) groups excluding carboxylic acids is 1. The Kier molecular flexibility index (Phi) is 14.2. The molecule has 0 heterocycles. The predicted octanol–water partition coefficient (Wildman–Crippen LogP) is -3.85. The Morgan fingerprint density at radius 2 is 1.59 bits per heavy atom. The number of hydrogen-bond acceptors (Lipinski definition) is 9. The molecule has 0 aliphatic rings. The topological polar surface area (TPSA) is 208 Å². The number of hydrogen-bond donors (Lipinski definition) is 8. The third kappa shape index (κ3) is 10.6. The number of Topliss-reactive ketones (excluding diaryl/α,β-unsaturated/α-hetero) is 1. The van der Waals surface area contributed by atoms with Crippen molar-refractivity contribution in [3.63, 3.8) is 0 Å². The molecule has 0 aliphatic heterocycles. The molecule has 1 unspecified atom stereocenters. The van der Waals surface area contributed by atoms with E-state index in [1.807, 2.05) is 0 Å². The van der Waals surface area contributed by atoms with Crippen molar-refractivity contribution in [2.45, 2.75) is 43.6 Å². The molecule has 22 heavy (non-hydrogen) atoms. The second kappa shape index (κ2) is 13.5. The first kappa shape index (κ1) is 23.1. The van der Waals surface area contributed by atoms with E-state index in [0.717, 1.165) is 12.8 Å². The minimum Gasteiger partial charge on any atom is -0.480 e. The van der Waals surface area contributed by atoms with Gasteiger partial charge in [-0.2, -0.15) is 0 Å². The number of nitrogens with two attached hydrogens (primary N) is 2. The highest BCUT2D eigenvalue weighted by Crippen LogP contribution is 2.00. The fourth-order valence-corrected chi connectivity index (χ4v) is 1.23. The molecule has 0 saturated carbocycles. The number of carbonyl (C=O) groups is 2. The van der Waals surface area contributed by atoms with E-state index in [1.54, 1.807) is 0 Å². The van der Waals surface area contributed by atoms with Gasteiger partial charge in [0, 0.05) is 0 Å². The summed E-state index contributed by atoms with van der Waals surface area (Å²) in [6.45, 7) is -1.08. The van der Waals surface area contributed by atoms with Crippen molar-refractivity contribution in [3.8, 4) is 0 Å². The average Bonchev–Trinajstić information content (AvgIpc) is 2.52. The quantitative estimate of drug-likeness (QED) is 0.183. The van der Waals surface area contributed by atoms with E-state index >= 15 is 0 Å². The monoisotopic (exact) mass is 326 g/mol. The molecule has 10 heteroatoms. The molecule has 0 radical (unpaired) electrons. The van der Waals surface area contributed by atoms with Gasteiger partial charge in [-0.25, -0.2) is 0 Å². The maximum atomic E-state index is 10.5. The van der Waals surface area contributed by atoms with Crippen molar-refractivity contribution in [2.24, 2.45) is 11.5 Å². The number of aliphatic hydroxyl groups is 5. The van der Waals surface area contributed by atoms with Gasteiger partial charge in [-0.15, -0.1) is 0 Å². The van der Waals surface area contributed by atoms with Crippen LogP contribution in [0.25, 0.3) is 0 Å². The van der Waals surface area contributed by atoms with Crippen LogP contribution in [0.3, 0.4) is 0 Å². The predicted molar refractivity (Wildman–Crippen MR) is 75.7 cm³/mol. The molecule has 0 spiro atoms. The Labute approximate surface area is 128 Å². The molecule has 0 aromatic rings. The Morgan fingerprint density at radius 3 is 1.95 bits per heavy atom. The Balaban J connectivity index is 0. The second-order valence-electron chi connectivity index (χ2n) is 4.54. The summed E-state index contributed by atoms with van der Waals surface area (Å²) in [6, 6.07) is -0.716. The van der Waals surface area contributed by atoms with Crippen molar-refractivity contribution in [3.05, 3.63) is 0 Å². The van der Waals surface area contributed by atoms with E-state index in [-0.39, 0.29) is 0 Å². The third-order valence-electron chi connectivity index (χ3n) is 2.68. The van der Waals surface area contributed by atoms with Crippen molar-refractivity contribution in [1.82, 2.24) is 0 Å². The van der Waals surface area contributed by atoms with Gasteiger partial charge in [-0.05, 0) is 19.4 Å². The van der Waals surface area contributed by atoms with Gasteiger partial charge in [0.15, 0.2) is 5.78 Å². The van der Waals surface area contributed by atoms with Crippen molar-refractivity contribution < 1.29 is 40.2 Å². The van der Waals surface area contributed by atoms with Crippen LogP contribution in [0.2, 0.25) is 0 Å². The zero-order valence-corrected chi connectivity index (χ0v) is 12.2. The number of aliphatic hydroxyl groups excluding tert-OH is 5. The van der Waals surface area contributed by atoms with Crippen molar-refractivity contribution in [2.75, 3.05) is 19.8 Å². The van der Waals surface area contributed by atoms with Crippen LogP contribution >= 0.6 is 0 Å². The summed E-state index contributed by atoms with van der Waals surface area (Å²) in [5.41, 5.74) is 10.4. The van der Waals surface area contributed by atoms with Gasteiger partial charge in [0.05, 0.1) is 6.61 Å². The number of ketones is 1. The molecule has 0 bridgehead atoms. The van der Waals surface area contributed by atoms with E-state index in [4.69, 9.17) is 42.1 Å². The summed E-state index contributed by atoms with van der Waals surface area (Å²) in [4.78, 5) is 20.7. The molecular formula is C12H26N2O8. The molecule has 132 valence electrons. The first-order valence-electron chi connectivity index (χ1n) is 6.69. The summed E-state index contributed by atoms with van der Waals surface area (Å²) >= 11 is 0. The van der Waals surface area contributed by atoms with Crippen LogP contribution in [0.4, 0.5) is 0 Å². The first-order valence-corrected chi connectivity index (χ1v) is 6.69. The van der Waals surface area contributed by atoms with Gasteiger partial charge >= 0.3 is 5.97 Å². The van der Waals surface area contributed by atoms with Crippen LogP contribution in [0.5, 0.6) is 0 Å². The molecule has 0 aromatic carbocycles. The highest BCUT2D eigenvalue weighted by Gasteiger charge is 2.28. The minimum absolute atomic E-state index is 0.520. The first-order chi connectivity index (χ1) is 10.2. The third-order valence-corrected chi connectivity index (χ3v) is 2.68. The van der Waals surface area contributed by atoms with E-state index in [0.29, 0.717) is 13.0 Å². The van der Waals surface area contributed by atoms with Crippen LogP contribution in [0, 0.1) is 0 Å². The zero-order chi connectivity index (χ0) is 17.7. The second-order valence-corrected chi connectivity index (χ2v) is 4.54. The zero-order valence-electron chi connectivity index (χ0n) is 12.2. The van der Waals surface area contributed by atoms with Gasteiger partial charge in [-0.3, -0.25) is 9.59 Å². The van der Waals surface area contributed by atoms with Crippen LogP contribution in [-0.2, 0) is 9.59 Å². The van der Waals surface area contributed by atoms with Gasteiger partial charge in [0.25, 0.3) is 0 Å². The van der Waals surface area contributed by atoms with Crippen molar-refractivity contribution in [1.29, 1.82) is 0 Å². The standard InChI is InChI=1S/C6H14N2O2.C6H12O6/c7-4-2-1-3-5(8)6(9)10;7-1-3(9)5(11)6(12)4(10)2-8/h5H,1-4,7-8H2,(H,9,10);3,5-9,11-12H,1-2H2/t;3-,5-,6-/m.1/s1. The Hall–Kier alpha value is -1.14. The lowest BCUT2D eigenvalue weighted by molar-refractivity contribution is -0.142. The SMILES string of the molecule is NCCCCC(N)C(=O)O.O=C(CO)[C@@H](O)[C@H](O)[C@H](O)CO. The Bertz CT molecular complexity index is 316. The van der Waals surface area contributed by atoms with Gasteiger partial charge in [0.1, 0.15) is 31.0 Å². The highest BCUT2D eigenvalue weighted by atomic mass is 16.4. The molecular weight excluding hydrogens is 300 g/mol. The number of rotatable bonds is 10. The van der Waals surface area contributed by atoms with E-state index in [9.17, 15) is 9.59 Å². The molecule has 10 nitrogen and oxygen atoms in total. The van der Waals surface area contributed by atoms with Gasteiger partial charge in [0.2, 0.25) is 0 Å². The number of aliphatic carboxylic acids is 1. The van der Waals surface area contributed by atoms with Crippen LogP contribution < -0.4 is 11.5 Å². The normalized spacial score (nSPS) is 16.0. The maximum absolute atomic E-state index is 10.5. The van der Waals surface area contributed by atoms with E-state index in [1.165, 1.54) is 0 Å². The molecule has 10 N–H and O–H groups in total. The van der Waals surface area contributed by atoms with Gasteiger partial charge in [-0.1, -0.05) is 6.42 Å². The largest absolute Gasteiger partial charge is 0.480 e. The maximum Gasteiger partial charge on any atom is 0.320 e. The number of unbranched alkanes of at least 4 members (excludes halogenated alkanes) is 1. The summed E-state index contributed by atoms with van der Waals surface area (Å²) < 4.78 is 0. The lowest BCUT2D eigenvalue weighted by atomic mass is 10.1. The number of carboxylic acids is 1. The fraction of sp³-hybridized carbons (Fsp3) is 0.833. The average molecular weight is 326 g/mol. The Morgan fingerprint density at radius 1 is 1.05 bits per heavy atom. The number of carboxylic acid groups (broad SMARTS) is 1. The fourth-order valence-electron chi connectivity index (χ4n) is 1.23. The van der Waals surface area contributed by atoms with Gasteiger partial charge < -0.3 is 42.1 Å². The molecule has 0 amide bonds. The molecule has 0 aliphatic carbocycles. The van der Waals surface area contributed by atoms with Crippen LogP contribution in [0.15, 0.2) is 0 Å². The molecule has 0 rings (SSSR count). The highest BCUT2D eigenvalue weighted by molar-refractivity contribution is 5.84. The minimum atomic E-state index is -1.86. The van der Waals surface area contributed by atoms with E-state index in [2.05, 4.69) is 0 Å². The molecule has 0 aromatic heterocycles. The summed E-state index contributed by atoms with van der Waals surface area (Å²) in [5, 5.41) is 51.4. The lowest BCUT2D eigenvalue weighted by Gasteiger charge is -2.19. The molecule has 0 saturated heterocycles. The van der Waals surface area contributed by atoms with Crippen LogP contribution in [0.1, 0.15) is 19.3 Å². The lowest BCUT2D eigenvalue weighted by Crippen LogP contribution is -2.44. The summed E-state index contributed by atoms with van der Waals surface area (Å²) in [6.07, 6.45) is -3.06. The van der Waals surface area contributed by atoms with E-state index < -0.39 is 49.3 Å². The summed E-state index contributed by atoms with van der Waals surface area (Å²) in [5.74, 6) is -1.94. The molecule has 4 atom stereocenters. The molecule has 0 fully saturated rings. The summed E-state index contributed by atoms with van der Waals surface area (Å²) in [7, 11) is 0.